The third-order valence-corrected chi connectivity index (χ3v) is 8.29. The second-order valence-electron chi connectivity index (χ2n) is 7.91. The van der Waals surface area contributed by atoms with Crippen LogP contribution in [0.2, 0.25) is 0 Å². The van der Waals surface area contributed by atoms with E-state index in [1.54, 1.807) is 0 Å². The van der Waals surface area contributed by atoms with Gasteiger partial charge in [-0.15, -0.1) is 22.7 Å². The first-order valence-electron chi connectivity index (χ1n) is 10.4. The van der Waals surface area contributed by atoms with Crippen LogP contribution in [0.25, 0.3) is 51.1 Å². The summed E-state index contributed by atoms with van der Waals surface area (Å²) in [6, 6.07) is 35.2. The van der Waals surface area contributed by atoms with Gasteiger partial charge in [-0.3, -0.25) is 0 Å². The number of anilines is 2. The van der Waals surface area contributed by atoms with E-state index in [9.17, 15) is 0 Å². The van der Waals surface area contributed by atoms with E-state index in [4.69, 9.17) is 0 Å². The molecule has 0 atom stereocenters. The van der Waals surface area contributed by atoms with E-state index in [1.807, 2.05) is 22.7 Å². The van der Waals surface area contributed by atoms with Crippen molar-refractivity contribution >= 4 is 85.2 Å². The van der Waals surface area contributed by atoms with Crippen molar-refractivity contribution in [1.29, 1.82) is 0 Å². The maximum Gasteiger partial charge on any atom is 0.0478 e. The molecule has 31 heavy (non-hydrogen) atoms. The summed E-state index contributed by atoms with van der Waals surface area (Å²) < 4.78 is 5.32. The Labute approximate surface area is 187 Å². The summed E-state index contributed by atoms with van der Waals surface area (Å²) in [6.07, 6.45) is 0. The highest BCUT2D eigenvalue weighted by Crippen LogP contribution is 2.42. The van der Waals surface area contributed by atoms with Crippen molar-refractivity contribution in [3.8, 4) is 0 Å². The Hall–Kier alpha value is -3.40. The smallest absolute Gasteiger partial charge is 0.0478 e. The lowest BCUT2D eigenvalue weighted by molar-refractivity contribution is 1.62. The monoisotopic (exact) mass is 431 g/mol. The fourth-order valence-corrected chi connectivity index (χ4v) is 6.82. The van der Waals surface area contributed by atoms with Crippen molar-refractivity contribution in [3.05, 3.63) is 97.1 Å². The summed E-state index contributed by atoms with van der Waals surface area (Å²) in [4.78, 5) is 0. The molecule has 3 heteroatoms. The maximum absolute atomic E-state index is 3.73. The van der Waals surface area contributed by atoms with E-state index in [-0.39, 0.29) is 0 Å². The molecule has 146 valence electrons. The molecule has 7 rings (SSSR count). The highest BCUT2D eigenvalue weighted by molar-refractivity contribution is 7.26. The third kappa shape index (κ3) is 2.67. The van der Waals surface area contributed by atoms with E-state index < -0.39 is 0 Å². The maximum atomic E-state index is 3.73. The minimum Gasteiger partial charge on any atom is -0.355 e. The zero-order chi connectivity index (χ0) is 20.4. The van der Waals surface area contributed by atoms with E-state index in [0.717, 1.165) is 11.4 Å². The van der Waals surface area contributed by atoms with E-state index in [2.05, 4.69) is 102 Å². The van der Waals surface area contributed by atoms with Gasteiger partial charge in [0, 0.05) is 51.7 Å². The van der Waals surface area contributed by atoms with Gasteiger partial charge in [-0.2, -0.15) is 0 Å². The van der Waals surface area contributed by atoms with E-state index >= 15 is 0 Å². The standard InChI is InChI=1S/C28H17NS2/c1-2-7-18-15-27-22(14-17(18)6-1)28-23(9-5-11-26(28)31-27)29-19-12-13-25-21(16-19)20-8-3-4-10-24(20)30-25/h1-16,29H. The van der Waals surface area contributed by atoms with Crippen molar-refractivity contribution in [2.24, 2.45) is 0 Å². The molecule has 1 N–H and O–H groups in total. The molecule has 1 nitrogen and oxygen atoms in total. The molecule has 0 saturated heterocycles. The number of hydrogen-bond acceptors (Lipinski definition) is 3. The lowest BCUT2D eigenvalue weighted by Gasteiger charge is -2.09. The summed E-state index contributed by atoms with van der Waals surface area (Å²) >= 11 is 3.73. The van der Waals surface area contributed by atoms with Crippen LogP contribution in [0.15, 0.2) is 97.1 Å². The van der Waals surface area contributed by atoms with Gasteiger partial charge in [0.2, 0.25) is 0 Å². The van der Waals surface area contributed by atoms with Gasteiger partial charge in [0.05, 0.1) is 0 Å². The molecule has 0 bridgehead atoms. The highest BCUT2D eigenvalue weighted by atomic mass is 32.1. The van der Waals surface area contributed by atoms with Crippen molar-refractivity contribution in [2.75, 3.05) is 5.32 Å². The Morgan fingerprint density at radius 2 is 1.23 bits per heavy atom. The molecule has 7 aromatic rings. The van der Waals surface area contributed by atoms with Crippen LogP contribution in [0, 0.1) is 0 Å². The predicted molar refractivity (Wildman–Crippen MR) is 139 cm³/mol. The molecule has 0 aliphatic heterocycles. The van der Waals surface area contributed by atoms with Crippen LogP contribution in [0.3, 0.4) is 0 Å². The Bertz CT molecular complexity index is 1770. The normalized spacial score (nSPS) is 11.9. The Morgan fingerprint density at radius 3 is 2.16 bits per heavy atom. The van der Waals surface area contributed by atoms with Crippen LogP contribution in [0.4, 0.5) is 11.4 Å². The topological polar surface area (TPSA) is 12.0 Å². The van der Waals surface area contributed by atoms with Crippen LogP contribution in [-0.4, -0.2) is 0 Å². The second kappa shape index (κ2) is 6.55. The minimum absolute atomic E-state index is 1.13. The van der Waals surface area contributed by atoms with Crippen LogP contribution >= 0.6 is 22.7 Å². The Morgan fingerprint density at radius 1 is 0.484 bits per heavy atom. The predicted octanol–water partition coefficient (Wildman–Crippen LogP) is 9.32. The summed E-state index contributed by atoms with van der Waals surface area (Å²) in [6.45, 7) is 0. The van der Waals surface area contributed by atoms with E-state index in [0.29, 0.717) is 0 Å². The summed E-state index contributed by atoms with van der Waals surface area (Å²) in [5.41, 5.74) is 2.29. The third-order valence-electron chi connectivity index (χ3n) is 6.02. The second-order valence-corrected chi connectivity index (χ2v) is 10.1. The molecule has 0 aliphatic carbocycles. The number of rotatable bonds is 2. The molecule has 0 radical (unpaired) electrons. The van der Waals surface area contributed by atoms with E-state index in [1.165, 1.54) is 51.1 Å². The largest absolute Gasteiger partial charge is 0.355 e. The molecule has 0 fully saturated rings. The van der Waals surface area contributed by atoms with Gasteiger partial charge in [-0.05, 0) is 59.3 Å². The molecule has 0 spiro atoms. The summed E-state index contributed by atoms with van der Waals surface area (Å²) in [5, 5.41) is 11.6. The molecule has 0 amide bonds. The number of thiophene rings is 2. The highest BCUT2D eigenvalue weighted by Gasteiger charge is 2.12. The first kappa shape index (κ1) is 17.3. The van der Waals surface area contributed by atoms with Gasteiger partial charge in [-0.1, -0.05) is 48.5 Å². The molecule has 0 aliphatic rings. The van der Waals surface area contributed by atoms with Gasteiger partial charge >= 0.3 is 0 Å². The zero-order valence-corrected chi connectivity index (χ0v) is 18.2. The average Bonchev–Trinajstić information content (AvgIpc) is 3.35. The van der Waals surface area contributed by atoms with Gasteiger partial charge in [-0.25, -0.2) is 0 Å². The minimum atomic E-state index is 1.13. The van der Waals surface area contributed by atoms with Crippen molar-refractivity contribution in [1.82, 2.24) is 0 Å². The lowest BCUT2D eigenvalue weighted by atomic mass is 10.1. The summed E-state index contributed by atoms with van der Waals surface area (Å²) in [7, 11) is 0. The van der Waals surface area contributed by atoms with Crippen LogP contribution in [-0.2, 0) is 0 Å². The number of benzene rings is 5. The lowest BCUT2D eigenvalue weighted by Crippen LogP contribution is -1.90. The van der Waals surface area contributed by atoms with Gasteiger partial charge < -0.3 is 5.32 Å². The number of nitrogens with one attached hydrogen (secondary N) is 1. The number of hydrogen-bond donors (Lipinski definition) is 1. The molecule has 2 heterocycles. The zero-order valence-electron chi connectivity index (χ0n) is 16.6. The Balaban J connectivity index is 1.42. The van der Waals surface area contributed by atoms with Gasteiger partial charge in [0.1, 0.15) is 0 Å². The molecular formula is C28H17NS2. The molecule has 2 aromatic heterocycles. The molecular weight excluding hydrogens is 414 g/mol. The quantitative estimate of drug-likeness (QED) is 0.287. The van der Waals surface area contributed by atoms with Crippen LogP contribution in [0.1, 0.15) is 0 Å². The number of fused-ring (bicyclic) bond motifs is 7. The van der Waals surface area contributed by atoms with Crippen molar-refractivity contribution in [3.63, 3.8) is 0 Å². The first-order valence-corrected chi connectivity index (χ1v) is 12.0. The summed E-state index contributed by atoms with van der Waals surface area (Å²) in [5.74, 6) is 0. The average molecular weight is 432 g/mol. The Kier molecular flexibility index (Phi) is 3.65. The SMILES string of the molecule is c1ccc2cc3c(cc2c1)sc1cccc(Nc2ccc4sc5ccccc5c4c2)c13. The van der Waals surface area contributed by atoms with Crippen LogP contribution < -0.4 is 5.32 Å². The molecule has 0 saturated carbocycles. The molecule has 0 unspecified atom stereocenters. The van der Waals surface area contributed by atoms with Crippen LogP contribution in [0.5, 0.6) is 0 Å². The molecule has 5 aromatic carbocycles. The van der Waals surface area contributed by atoms with Gasteiger partial charge in [0.25, 0.3) is 0 Å². The van der Waals surface area contributed by atoms with Gasteiger partial charge in [0.15, 0.2) is 0 Å². The van der Waals surface area contributed by atoms with Crippen molar-refractivity contribution < 1.29 is 0 Å². The fraction of sp³-hybridized carbons (Fsp3) is 0. The first-order chi connectivity index (χ1) is 15.3. The van der Waals surface area contributed by atoms with Crippen molar-refractivity contribution in [2.45, 2.75) is 0 Å². The fourth-order valence-electron chi connectivity index (χ4n) is 4.58.